The maximum Gasteiger partial charge on any atom is 0.417 e. The van der Waals surface area contributed by atoms with E-state index in [4.69, 9.17) is 9.52 Å². The number of rotatable bonds is 3. The predicted octanol–water partition coefficient (Wildman–Crippen LogP) is 3.48. The second-order valence-corrected chi connectivity index (χ2v) is 3.85. The molecule has 1 heterocycles. The summed E-state index contributed by atoms with van der Waals surface area (Å²) in [6, 6.07) is 5.43. The lowest BCUT2D eigenvalue weighted by Crippen LogP contribution is -2.14. The molecule has 1 aromatic heterocycles. The highest BCUT2D eigenvalue weighted by atomic mass is 19.4. The molecule has 0 amide bonds. The zero-order valence-corrected chi connectivity index (χ0v) is 9.77. The monoisotopic (exact) mass is 284 g/mol. The zero-order valence-electron chi connectivity index (χ0n) is 9.77. The molecule has 0 atom stereocenters. The Morgan fingerprint density at radius 1 is 1.20 bits per heavy atom. The zero-order chi connectivity index (χ0) is 14.9. The lowest BCUT2D eigenvalue weighted by atomic mass is 9.99. The second kappa shape index (κ2) is 4.84. The summed E-state index contributed by atoms with van der Waals surface area (Å²) < 4.78 is 43.5. The molecule has 0 saturated heterocycles. The molecule has 0 bridgehead atoms. The fraction of sp³-hybridized carbons (Fsp3) is 0.0769. The van der Waals surface area contributed by atoms with Gasteiger partial charge in [0, 0.05) is 5.56 Å². The number of aromatic carboxylic acids is 1. The smallest absolute Gasteiger partial charge is 0.417 e. The number of alkyl halides is 3. The molecule has 2 rings (SSSR count). The second-order valence-electron chi connectivity index (χ2n) is 3.85. The van der Waals surface area contributed by atoms with E-state index in [0.717, 1.165) is 6.07 Å². The van der Waals surface area contributed by atoms with E-state index in [9.17, 15) is 22.8 Å². The van der Waals surface area contributed by atoms with Crippen LogP contribution >= 0.6 is 0 Å². The highest BCUT2D eigenvalue weighted by Crippen LogP contribution is 2.37. The average Bonchev–Trinajstić information content (AvgIpc) is 2.85. The number of aldehydes is 1. The Balaban J connectivity index is 2.70. The Morgan fingerprint density at radius 3 is 2.40 bits per heavy atom. The van der Waals surface area contributed by atoms with Crippen LogP contribution in [0.15, 0.2) is 34.7 Å². The van der Waals surface area contributed by atoms with Gasteiger partial charge in [-0.05, 0) is 18.2 Å². The van der Waals surface area contributed by atoms with E-state index < -0.39 is 23.3 Å². The average molecular weight is 284 g/mol. The van der Waals surface area contributed by atoms with Gasteiger partial charge in [0.1, 0.15) is 5.76 Å². The summed E-state index contributed by atoms with van der Waals surface area (Å²) in [5, 5.41) is 9.02. The fourth-order valence-electron chi connectivity index (χ4n) is 1.79. The molecule has 0 unspecified atom stereocenters. The van der Waals surface area contributed by atoms with Crippen molar-refractivity contribution in [2.75, 3.05) is 0 Å². The van der Waals surface area contributed by atoms with Crippen LogP contribution in [0.1, 0.15) is 26.5 Å². The van der Waals surface area contributed by atoms with Crippen LogP contribution in [-0.4, -0.2) is 17.4 Å². The van der Waals surface area contributed by atoms with Crippen molar-refractivity contribution in [3.8, 4) is 11.3 Å². The molecule has 7 heteroatoms. The first-order chi connectivity index (χ1) is 9.34. The van der Waals surface area contributed by atoms with Crippen molar-refractivity contribution >= 4 is 12.3 Å². The van der Waals surface area contributed by atoms with Crippen LogP contribution in [0.5, 0.6) is 0 Å². The SMILES string of the molecule is O=Cc1ccc(-c2cccc(C(F)(F)F)c2C(=O)O)o1. The minimum atomic E-state index is -4.80. The Kier molecular flexibility index (Phi) is 3.35. The highest BCUT2D eigenvalue weighted by Gasteiger charge is 2.37. The molecule has 104 valence electrons. The molecule has 0 radical (unpaired) electrons. The summed E-state index contributed by atoms with van der Waals surface area (Å²) >= 11 is 0. The van der Waals surface area contributed by atoms with E-state index >= 15 is 0 Å². The maximum absolute atomic E-state index is 12.8. The normalized spacial score (nSPS) is 11.3. The van der Waals surface area contributed by atoms with Crippen LogP contribution in [0.2, 0.25) is 0 Å². The number of carbonyl (C=O) groups is 2. The van der Waals surface area contributed by atoms with Crippen LogP contribution in [0.25, 0.3) is 11.3 Å². The van der Waals surface area contributed by atoms with E-state index in [-0.39, 0.29) is 17.1 Å². The lowest BCUT2D eigenvalue weighted by Gasteiger charge is -2.12. The number of carboxylic acids is 1. The van der Waals surface area contributed by atoms with Gasteiger partial charge < -0.3 is 9.52 Å². The number of carbonyl (C=O) groups excluding carboxylic acids is 1. The summed E-state index contributed by atoms with van der Waals surface area (Å²) in [4.78, 5) is 21.6. The molecular weight excluding hydrogens is 277 g/mol. The first-order valence-electron chi connectivity index (χ1n) is 5.33. The van der Waals surface area contributed by atoms with Gasteiger partial charge in [0.15, 0.2) is 12.0 Å². The van der Waals surface area contributed by atoms with Gasteiger partial charge in [0.25, 0.3) is 0 Å². The molecule has 0 aliphatic heterocycles. The van der Waals surface area contributed by atoms with Gasteiger partial charge >= 0.3 is 12.1 Å². The minimum Gasteiger partial charge on any atom is -0.478 e. The van der Waals surface area contributed by atoms with Crippen molar-refractivity contribution in [3.63, 3.8) is 0 Å². The topological polar surface area (TPSA) is 67.5 Å². The Morgan fingerprint density at radius 2 is 1.90 bits per heavy atom. The van der Waals surface area contributed by atoms with Crippen LogP contribution in [0, 0.1) is 0 Å². The molecule has 1 aromatic carbocycles. The number of carboxylic acid groups (broad SMARTS) is 1. The molecule has 20 heavy (non-hydrogen) atoms. The third-order valence-electron chi connectivity index (χ3n) is 2.59. The summed E-state index contributed by atoms with van der Waals surface area (Å²) in [6.45, 7) is 0. The molecule has 0 spiro atoms. The largest absolute Gasteiger partial charge is 0.478 e. The molecule has 0 saturated carbocycles. The van der Waals surface area contributed by atoms with E-state index in [1.165, 1.54) is 18.2 Å². The van der Waals surface area contributed by atoms with Crippen LogP contribution in [0.3, 0.4) is 0 Å². The molecule has 0 fully saturated rings. The molecule has 2 aromatic rings. The van der Waals surface area contributed by atoms with Gasteiger partial charge in [0.2, 0.25) is 0 Å². The van der Waals surface area contributed by atoms with Gasteiger partial charge in [0.05, 0.1) is 11.1 Å². The van der Waals surface area contributed by atoms with Gasteiger partial charge in [-0.25, -0.2) is 4.79 Å². The van der Waals surface area contributed by atoms with E-state index in [1.807, 2.05) is 0 Å². The van der Waals surface area contributed by atoms with E-state index in [1.54, 1.807) is 0 Å². The molecule has 0 aliphatic rings. The standard InChI is InChI=1S/C13H7F3O4/c14-13(15,16)9-3-1-2-8(11(9)12(18)19)10-5-4-7(6-17)20-10/h1-6H,(H,18,19). The molecule has 0 aliphatic carbocycles. The van der Waals surface area contributed by atoms with Gasteiger partial charge in [-0.1, -0.05) is 12.1 Å². The van der Waals surface area contributed by atoms with Crippen molar-refractivity contribution in [3.05, 3.63) is 47.2 Å². The van der Waals surface area contributed by atoms with E-state index in [2.05, 4.69) is 0 Å². The first kappa shape index (κ1) is 13.9. The van der Waals surface area contributed by atoms with Gasteiger partial charge in [-0.3, -0.25) is 4.79 Å². The Hall–Kier alpha value is -2.57. The molecule has 4 nitrogen and oxygen atoms in total. The number of hydrogen-bond acceptors (Lipinski definition) is 3. The van der Waals surface area contributed by atoms with Crippen molar-refractivity contribution in [2.24, 2.45) is 0 Å². The third kappa shape index (κ3) is 2.42. The maximum atomic E-state index is 12.8. The Labute approximate surface area is 110 Å². The number of furan rings is 1. The van der Waals surface area contributed by atoms with Crippen molar-refractivity contribution in [1.29, 1.82) is 0 Å². The molecule has 1 N–H and O–H groups in total. The quantitative estimate of drug-likeness (QED) is 0.876. The predicted molar refractivity (Wildman–Crippen MR) is 61.5 cm³/mol. The number of halogens is 3. The van der Waals surface area contributed by atoms with Crippen molar-refractivity contribution in [1.82, 2.24) is 0 Å². The van der Waals surface area contributed by atoms with Crippen molar-refractivity contribution < 1.29 is 32.3 Å². The van der Waals surface area contributed by atoms with Crippen LogP contribution in [0.4, 0.5) is 13.2 Å². The summed E-state index contributed by atoms with van der Waals surface area (Å²) in [5.74, 6) is -1.94. The summed E-state index contributed by atoms with van der Waals surface area (Å²) in [6.07, 6.45) is -4.43. The number of hydrogen-bond donors (Lipinski definition) is 1. The third-order valence-corrected chi connectivity index (χ3v) is 2.59. The summed E-state index contributed by atoms with van der Waals surface area (Å²) in [7, 11) is 0. The molecular formula is C13H7F3O4. The fourth-order valence-corrected chi connectivity index (χ4v) is 1.79. The first-order valence-corrected chi connectivity index (χ1v) is 5.33. The van der Waals surface area contributed by atoms with Crippen LogP contribution < -0.4 is 0 Å². The Bertz CT molecular complexity index is 670. The van der Waals surface area contributed by atoms with Crippen LogP contribution in [-0.2, 0) is 6.18 Å². The van der Waals surface area contributed by atoms with Gasteiger partial charge in [-0.15, -0.1) is 0 Å². The summed E-state index contributed by atoms with van der Waals surface area (Å²) in [5.41, 5.74) is -2.42. The number of benzene rings is 1. The van der Waals surface area contributed by atoms with Gasteiger partial charge in [-0.2, -0.15) is 13.2 Å². The van der Waals surface area contributed by atoms with Crippen molar-refractivity contribution in [2.45, 2.75) is 6.18 Å². The lowest BCUT2D eigenvalue weighted by molar-refractivity contribution is -0.138. The minimum absolute atomic E-state index is 0.103. The van der Waals surface area contributed by atoms with E-state index in [0.29, 0.717) is 12.4 Å². The highest BCUT2D eigenvalue weighted by molar-refractivity contribution is 5.97.